The number of anilines is 1. The second-order valence-corrected chi connectivity index (χ2v) is 8.87. The molecule has 0 saturated heterocycles. The number of rotatable bonds is 8. The normalized spacial score (nSPS) is 11.2. The van der Waals surface area contributed by atoms with Gasteiger partial charge < -0.3 is 20.4 Å². The second-order valence-electron chi connectivity index (χ2n) is 7.95. The molecule has 2 amide bonds. The van der Waals surface area contributed by atoms with Gasteiger partial charge in [-0.3, -0.25) is 19.5 Å². The van der Waals surface area contributed by atoms with E-state index in [1.807, 2.05) is 62.3 Å². The van der Waals surface area contributed by atoms with E-state index in [2.05, 4.69) is 36.2 Å². The molecule has 34 heavy (non-hydrogen) atoms. The molecule has 0 atom stereocenters. The second kappa shape index (κ2) is 9.65. The summed E-state index contributed by atoms with van der Waals surface area (Å²) < 4.78 is 8.20. The van der Waals surface area contributed by atoms with Gasteiger partial charge in [0, 0.05) is 11.0 Å². The highest BCUT2D eigenvalue weighted by Gasteiger charge is 2.25. The quantitative estimate of drug-likeness (QED) is 0.324. The summed E-state index contributed by atoms with van der Waals surface area (Å²) >= 11 is 3.44. The van der Waals surface area contributed by atoms with Gasteiger partial charge in [0.2, 0.25) is 5.95 Å². The summed E-state index contributed by atoms with van der Waals surface area (Å²) in [4.78, 5) is 39.0. The fourth-order valence-electron chi connectivity index (χ4n) is 3.46. The van der Waals surface area contributed by atoms with Gasteiger partial charge in [0.15, 0.2) is 5.69 Å². The number of hydrogen-bond acceptors (Lipinski definition) is 6. The first kappa shape index (κ1) is 23.5. The predicted molar refractivity (Wildman–Crippen MR) is 133 cm³/mol. The van der Waals surface area contributed by atoms with Crippen molar-refractivity contribution >= 4 is 44.7 Å². The average molecular weight is 526 g/mol. The molecule has 2 aromatic heterocycles. The number of nitrogens with one attached hydrogen (secondary N) is 2. The molecule has 0 bridgehead atoms. The number of para-hydroxylation sites is 1. The van der Waals surface area contributed by atoms with Crippen molar-refractivity contribution in [2.75, 3.05) is 32.6 Å². The van der Waals surface area contributed by atoms with E-state index in [0.29, 0.717) is 29.1 Å². The Morgan fingerprint density at radius 2 is 2.06 bits per heavy atom. The Hall–Kier alpha value is -3.70. The van der Waals surface area contributed by atoms with Gasteiger partial charge in [-0.15, -0.1) is 0 Å². The first-order chi connectivity index (χ1) is 16.2. The lowest BCUT2D eigenvalue weighted by molar-refractivity contribution is 0.0970. The van der Waals surface area contributed by atoms with Crippen molar-refractivity contribution < 1.29 is 14.3 Å². The molecule has 0 unspecified atom stereocenters. The summed E-state index contributed by atoms with van der Waals surface area (Å²) in [6.07, 6.45) is 1.40. The molecule has 0 radical (unpaired) electrons. The lowest BCUT2D eigenvalue weighted by atomic mass is 10.2. The van der Waals surface area contributed by atoms with Crippen LogP contribution in [0.3, 0.4) is 0 Å². The first-order valence-corrected chi connectivity index (χ1v) is 11.2. The summed E-state index contributed by atoms with van der Waals surface area (Å²) in [5, 5.41) is 2.73. The molecule has 0 fully saturated rings. The summed E-state index contributed by atoms with van der Waals surface area (Å²) in [5.74, 6) is -0.584. The minimum atomic E-state index is -0.808. The van der Waals surface area contributed by atoms with Gasteiger partial charge in [-0.05, 0) is 50.8 Å². The van der Waals surface area contributed by atoms with E-state index in [9.17, 15) is 9.59 Å². The number of aryl methyl sites for hydroxylation is 1. The number of aromatic amines is 1. The van der Waals surface area contributed by atoms with Gasteiger partial charge >= 0.3 is 0 Å². The van der Waals surface area contributed by atoms with Gasteiger partial charge in [-0.25, -0.2) is 9.97 Å². The van der Waals surface area contributed by atoms with E-state index < -0.39 is 11.8 Å². The van der Waals surface area contributed by atoms with Crippen molar-refractivity contribution in [3.8, 4) is 11.4 Å². The fourth-order valence-corrected chi connectivity index (χ4v) is 3.81. The van der Waals surface area contributed by atoms with Crippen LogP contribution in [0.2, 0.25) is 0 Å². The lowest BCUT2D eigenvalue weighted by Crippen LogP contribution is -2.23. The number of nitrogens with two attached hydrogens (primary N) is 1. The molecule has 0 aliphatic heterocycles. The van der Waals surface area contributed by atoms with E-state index in [-0.39, 0.29) is 17.3 Å². The van der Waals surface area contributed by atoms with Crippen molar-refractivity contribution in [2.45, 2.75) is 6.92 Å². The number of hydrogen-bond donors (Lipinski definition) is 3. The van der Waals surface area contributed by atoms with Crippen molar-refractivity contribution in [1.82, 2.24) is 24.4 Å². The first-order valence-electron chi connectivity index (χ1n) is 10.5. The van der Waals surface area contributed by atoms with E-state index in [4.69, 9.17) is 10.5 Å². The molecule has 4 N–H and O–H groups in total. The SMILES string of the molecule is Cc1ccc(Br)cc1-n1cnc(C(N)=O)c1C(=O)Nc1nc2c(OCCN(C)C)cccc2[nH]1. The number of carbonyl (C=O) groups is 2. The highest BCUT2D eigenvalue weighted by atomic mass is 79.9. The molecule has 176 valence electrons. The number of imidazole rings is 2. The zero-order valence-electron chi connectivity index (χ0n) is 18.9. The van der Waals surface area contributed by atoms with Crippen LogP contribution < -0.4 is 15.8 Å². The Morgan fingerprint density at radius 3 is 2.79 bits per heavy atom. The Balaban J connectivity index is 1.67. The smallest absolute Gasteiger partial charge is 0.277 e. The van der Waals surface area contributed by atoms with Crippen LogP contribution in [-0.2, 0) is 0 Å². The summed E-state index contributed by atoms with van der Waals surface area (Å²) in [5.41, 5.74) is 8.23. The average Bonchev–Trinajstić information content (AvgIpc) is 3.39. The number of likely N-dealkylation sites (N-methyl/N-ethyl adjacent to an activating group) is 1. The molecular weight excluding hydrogens is 502 g/mol. The standard InChI is InChI=1S/C23H24BrN7O3/c1-13-7-8-14(24)11-16(13)31-12-26-19(21(25)32)20(31)22(33)29-23-27-15-5-4-6-17(18(15)28-23)34-10-9-30(2)3/h4-8,11-12H,9-10H2,1-3H3,(H2,25,32)(H2,27,28,29,33). The number of ether oxygens (including phenoxy) is 1. The maximum Gasteiger partial charge on any atom is 0.277 e. The number of benzene rings is 2. The van der Waals surface area contributed by atoms with Crippen molar-refractivity contribution in [2.24, 2.45) is 5.73 Å². The van der Waals surface area contributed by atoms with Gasteiger partial charge in [0.1, 0.15) is 29.9 Å². The maximum absolute atomic E-state index is 13.3. The van der Waals surface area contributed by atoms with E-state index in [1.165, 1.54) is 10.9 Å². The molecule has 11 heteroatoms. The molecular formula is C23H24BrN7O3. The highest BCUT2D eigenvalue weighted by molar-refractivity contribution is 9.10. The minimum Gasteiger partial charge on any atom is -0.490 e. The Labute approximate surface area is 204 Å². The van der Waals surface area contributed by atoms with Crippen LogP contribution in [0.5, 0.6) is 5.75 Å². The number of aromatic nitrogens is 4. The van der Waals surface area contributed by atoms with Crippen LogP contribution in [0.25, 0.3) is 16.7 Å². The van der Waals surface area contributed by atoms with Gasteiger partial charge in [0.25, 0.3) is 11.8 Å². The van der Waals surface area contributed by atoms with Crippen molar-refractivity contribution in [3.63, 3.8) is 0 Å². The molecule has 2 aromatic carbocycles. The highest BCUT2D eigenvalue weighted by Crippen LogP contribution is 2.26. The number of primary amides is 1. The third kappa shape index (κ3) is 4.80. The van der Waals surface area contributed by atoms with E-state index >= 15 is 0 Å². The van der Waals surface area contributed by atoms with Crippen LogP contribution in [0, 0.1) is 6.92 Å². The topological polar surface area (TPSA) is 131 Å². The number of carbonyl (C=O) groups excluding carboxylic acids is 2. The zero-order chi connectivity index (χ0) is 24.4. The largest absolute Gasteiger partial charge is 0.490 e. The molecule has 0 aliphatic rings. The molecule has 10 nitrogen and oxygen atoms in total. The fraction of sp³-hybridized carbons (Fsp3) is 0.217. The molecule has 0 saturated carbocycles. The number of fused-ring (bicyclic) bond motifs is 1. The predicted octanol–water partition coefficient (Wildman–Crippen LogP) is 3.11. The number of amides is 2. The van der Waals surface area contributed by atoms with Gasteiger partial charge in [-0.2, -0.15) is 0 Å². The lowest BCUT2D eigenvalue weighted by Gasteiger charge is -2.12. The Kier molecular flexibility index (Phi) is 6.66. The van der Waals surface area contributed by atoms with Gasteiger partial charge in [0.05, 0.1) is 11.2 Å². The molecule has 4 rings (SSSR count). The Bertz CT molecular complexity index is 1380. The summed E-state index contributed by atoms with van der Waals surface area (Å²) in [6, 6.07) is 11.1. The molecule has 0 spiro atoms. The molecule has 0 aliphatic carbocycles. The van der Waals surface area contributed by atoms with Crippen LogP contribution in [-0.4, -0.2) is 63.5 Å². The van der Waals surface area contributed by atoms with Crippen LogP contribution in [0.1, 0.15) is 26.5 Å². The summed E-state index contributed by atoms with van der Waals surface area (Å²) in [6.45, 7) is 3.14. The monoisotopic (exact) mass is 525 g/mol. The van der Waals surface area contributed by atoms with Crippen molar-refractivity contribution in [1.29, 1.82) is 0 Å². The van der Waals surface area contributed by atoms with Crippen LogP contribution in [0.15, 0.2) is 47.2 Å². The zero-order valence-corrected chi connectivity index (χ0v) is 20.5. The van der Waals surface area contributed by atoms with Crippen LogP contribution in [0.4, 0.5) is 5.95 Å². The van der Waals surface area contributed by atoms with E-state index in [0.717, 1.165) is 16.6 Å². The number of H-pyrrole nitrogens is 1. The Morgan fingerprint density at radius 1 is 1.26 bits per heavy atom. The number of halogens is 1. The molecule has 2 heterocycles. The minimum absolute atomic E-state index is 0.0108. The molecule has 4 aromatic rings. The van der Waals surface area contributed by atoms with Crippen molar-refractivity contribution in [3.05, 3.63) is 64.1 Å². The van der Waals surface area contributed by atoms with Crippen LogP contribution >= 0.6 is 15.9 Å². The maximum atomic E-state index is 13.3. The third-order valence-corrected chi connectivity index (χ3v) is 5.64. The van der Waals surface area contributed by atoms with E-state index in [1.54, 1.807) is 0 Å². The third-order valence-electron chi connectivity index (χ3n) is 5.15. The summed E-state index contributed by atoms with van der Waals surface area (Å²) in [7, 11) is 3.93. The number of nitrogens with zero attached hydrogens (tertiary/aromatic N) is 4. The van der Waals surface area contributed by atoms with Gasteiger partial charge in [-0.1, -0.05) is 28.1 Å².